The Morgan fingerprint density at radius 3 is 2.48 bits per heavy atom. The Balaban J connectivity index is 1.65. The minimum Gasteiger partial charge on any atom is -0.348 e. The van der Waals surface area contributed by atoms with E-state index in [4.69, 9.17) is 23.8 Å². The monoisotopic (exact) mass is 367 g/mol. The van der Waals surface area contributed by atoms with Gasteiger partial charge in [-0.2, -0.15) is 0 Å². The summed E-state index contributed by atoms with van der Waals surface area (Å²) in [5, 5.41) is 4.79. The summed E-state index contributed by atoms with van der Waals surface area (Å²) >= 11 is 11.7. The summed E-state index contributed by atoms with van der Waals surface area (Å²) in [6.45, 7) is 1.79. The molecule has 1 atom stereocenters. The molecule has 0 amide bonds. The van der Waals surface area contributed by atoms with Crippen molar-refractivity contribution in [3.05, 3.63) is 89.2 Å². The van der Waals surface area contributed by atoms with Crippen LogP contribution in [0.2, 0.25) is 5.02 Å². The summed E-state index contributed by atoms with van der Waals surface area (Å²) in [4.78, 5) is 2.26. The molecule has 1 aliphatic heterocycles. The summed E-state index contributed by atoms with van der Waals surface area (Å²) in [5.74, 6) is 0. The second kappa shape index (κ2) is 6.90. The van der Waals surface area contributed by atoms with Gasteiger partial charge in [0.05, 0.1) is 6.04 Å². The van der Waals surface area contributed by atoms with E-state index < -0.39 is 0 Å². The summed E-state index contributed by atoms with van der Waals surface area (Å²) in [6, 6.07) is 22.5. The molecule has 1 N–H and O–H groups in total. The van der Waals surface area contributed by atoms with E-state index in [1.54, 1.807) is 0 Å². The molecule has 5 heteroatoms. The third kappa shape index (κ3) is 3.28. The molecular weight excluding hydrogens is 350 g/mol. The first-order valence-electron chi connectivity index (χ1n) is 8.25. The lowest BCUT2D eigenvalue weighted by atomic mass is 10.0. The number of aromatic nitrogens is 1. The average molecular weight is 368 g/mol. The highest BCUT2D eigenvalue weighted by atomic mass is 35.5. The van der Waals surface area contributed by atoms with E-state index in [-0.39, 0.29) is 6.04 Å². The maximum atomic E-state index is 5.97. The highest BCUT2D eigenvalue weighted by Crippen LogP contribution is 2.32. The van der Waals surface area contributed by atoms with Gasteiger partial charge in [-0.25, -0.2) is 0 Å². The number of rotatable bonds is 2. The van der Waals surface area contributed by atoms with Crippen LogP contribution in [0.15, 0.2) is 72.9 Å². The molecule has 0 saturated heterocycles. The van der Waals surface area contributed by atoms with Crippen LogP contribution < -0.4 is 5.32 Å². The van der Waals surface area contributed by atoms with Crippen LogP contribution in [0.1, 0.15) is 17.3 Å². The molecule has 25 heavy (non-hydrogen) atoms. The molecule has 2 aromatic carbocycles. The van der Waals surface area contributed by atoms with Crippen LogP contribution in [0.3, 0.4) is 0 Å². The Morgan fingerprint density at radius 1 is 0.960 bits per heavy atom. The first-order valence-corrected chi connectivity index (χ1v) is 9.04. The van der Waals surface area contributed by atoms with Gasteiger partial charge in [0.1, 0.15) is 0 Å². The fourth-order valence-electron chi connectivity index (χ4n) is 3.32. The van der Waals surface area contributed by atoms with Gasteiger partial charge in [0, 0.05) is 35.7 Å². The summed E-state index contributed by atoms with van der Waals surface area (Å²) < 4.78 is 2.30. The van der Waals surface area contributed by atoms with E-state index in [1.165, 1.54) is 11.3 Å². The zero-order valence-electron chi connectivity index (χ0n) is 13.6. The number of nitrogens with one attached hydrogen (secondary N) is 1. The Bertz CT molecular complexity index is 873. The van der Waals surface area contributed by atoms with Gasteiger partial charge in [-0.05, 0) is 54.2 Å². The van der Waals surface area contributed by atoms with Crippen molar-refractivity contribution in [3.8, 4) is 0 Å². The van der Waals surface area contributed by atoms with Crippen LogP contribution in [0, 0.1) is 0 Å². The summed E-state index contributed by atoms with van der Waals surface area (Å²) in [7, 11) is 0. The van der Waals surface area contributed by atoms with Crippen molar-refractivity contribution in [1.29, 1.82) is 0 Å². The van der Waals surface area contributed by atoms with Gasteiger partial charge in [-0.1, -0.05) is 41.9 Å². The van der Waals surface area contributed by atoms with Crippen LogP contribution in [0.4, 0.5) is 5.69 Å². The molecule has 0 saturated carbocycles. The van der Waals surface area contributed by atoms with Crippen LogP contribution in [0.5, 0.6) is 0 Å². The number of halogens is 1. The average Bonchev–Trinajstić information content (AvgIpc) is 3.12. The van der Waals surface area contributed by atoms with Gasteiger partial charge in [0.2, 0.25) is 0 Å². The molecular formula is C20H18ClN3S. The van der Waals surface area contributed by atoms with E-state index >= 15 is 0 Å². The Morgan fingerprint density at radius 2 is 1.72 bits per heavy atom. The van der Waals surface area contributed by atoms with Gasteiger partial charge in [0.25, 0.3) is 0 Å². The number of benzene rings is 2. The molecule has 2 heterocycles. The molecule has 0 radical (unpaired) electrons. The molecule has 0 bridgehead atoms. The van der Waals surface area contributed by atoms with Gasteiger partial charge in [0.15, 0.2) is 5.11 Å². The van der Waals surface area contributed by atoms with E-state index in [0.29, 0.717) is 0 Å². The van der Waals surface area contributed by atoms with Crippen molar-refractivity contribution in [3.63, 3.8) is 0 Å². The van der Waals surface area contributed by atoms with Crippen molar-refractivity contribution in [2.75, 3.05) is 11.9 Å². The van der Waals surface area contributed by atoms with E-state index in [1.807, 2.05) is 30.3 Å². The summed E-state index contributed by atoms with van der Waals surface area (Å²) in [6.07, 6.45) is 2.14. The molecule has 3 aromatic rings. The fourth-order valence-corrected chi connectivity index (χ4v) is 3.76. The zero-order chi connectivity index (χ0) is 17.2. The Labute approximate surface area is 157 Å². The number of anilines is 1. The lowest BCUT2D eigenvalue weighted by Gasteiger charge is -2.39. The lowest BCUT2D eigenvalue weighted by molar-refractivity contribution is 0.293. The number of fused-ring (bicyclic) bond motifs is 1. The topological polar surface area (TPSA) is 20.2 Å². The highest BCUT2D eigenvalue weighted by molar-refractivity contribution is 7.80. The van der Waals surface area contributed by atoms with Crippen molar-refractivity contribution >= 4 is 34.6 Å². The quantitative estimate of drug-likeness (QED) is 0.647. The standard InChI is InChI=1S/C20H18ClN3S/c21-16-8-10-17(11-9-16)22-20(25)24-14-13-23-12-4-7-18(23)19(24)15-5-2-1-3-6-15/h1-12,19H,13-14H2,(H,22,25). The number of nitrogens with zero attached hydrogens (tertiary/aromatic N) is 2. The van der Waals surface area contributed by atoms with Gasteiger partial charge in [-0.15, -0.1) is 0 Å². The molecule has 1 aliphatic rings. The molecule has 0 spiro atoms. The van der Waals surface area contributed by atoms with Crippen LogP contribution >= 0.6 is 23.8 Å². The minimum absolute atomic E-state index is 0.109. The van der Waals surface area contributed by atoms with Gasteiger partial charge >= 0.3 is 0 Å². The second-order valence-electron chi connectivity index (χ2n) is 6.07. The second-order valence-corrected chi connectivity index (χ2v) is 6.89. The van der Waals surface area contributed by atoms with Crippen molar-refractivity contribution < 1.29 is 0 Å². The van der Waals surface area contributed by atoms with E-state index in [0.717, 1.165) is 28.9 Å². The molecule has 0 aliphatic carbocycles. The molecule has 4 rings (SSSR count). The Kier molecular flexibility index (Phi) is 4.47. The molecule has 1 unspecified atom stereocenters. The molecule has 126 valence electrons. The molecule has 0 fully saturated rings. The van der Waals surface area contributed by atoms with Gasteiger partial charge < -0.3 is 14.8 Å². The smallest absolute Gasteiger partial charge is 0.174 e. The van der Waals surface area contributed by atoms with E-state index in [2.05, 4.69) is 57.4 Å². The maximum absolute atomic E-state index is 5.97. The predicted molar refractivity (Wildman–Crippen MR) is 107 cm³/mol. The van der Waals surface area contributed by atoms with Gasteiger partial charge in [-0.3, -0.25) is 0 Å². The summed E-state index contributed by atoms with van der Waals surface area (Å²) in [5.41, 5.74) is 3.45. The molecule has 3 nitrogen and oxygen atoms in total. The van der Waals surface area contributed by atoms with Crippen molar-refractivity contribution in [2.45, 2.75) is 12.6 Å². The maximum Gasteiger partial charge on any atom is 0.174 e. The van der Waals surface area contributed by atoms with E-state index in [9.17, 15) is 0 Å². The lowest BCUT2D eigenvalue weighted by Crippen LogP contribution is -2.44. The normalized spacial score (nSPS) is 16.4. The highest BCUT2D eigenvalue weighted by Gasteiger charge is 2.30. The first-order chi connectivity index (χ1) is 12.2. The van der Waals surface area contributed by atoms with Crippen molar-refractivity contribution in [1.82, 2.24) is 9.47 Å². The van der Waals surface area contributed by atoms with Crippen molar-refractivity contribution in [2.24, 2.45) is 0 Å². The third-order valence-electron chi connectivity index (χ3n) is 4.51. The number of hydrogen-bond donors (Lipinski definition) is 1. The predicted octanol–water partition coefficient (Wildman–Crippen LogP) is 4.94. The largest absolute Gasteiger partial charge is 0.348 e. The Hall–Kier alpha value is -2.30. The number of thiocarbonyl (C=S) groups is 1. The SMILES string of the molecule is S=C(Nc1ccc(Cl)cc1)N1CCn2cccc2C1c1ccccc1. The first kappa shape index (κ1) is 16.2. The third-order valence-corrected chi connectivity index (χ3v) is 5.10. The van der Waals surface area contributed by atoms with Crippen LogP contribution in [-0.4, -0.2) is 21.1 Å². The minimum atomic E-state index is 0.109. The zero-order valence-corrected chi connectivity index (χ0v) is 15.2. The fraction of sp³-hybridized carbons (Fsp3) is 0.150. The van der Waals surface area contributed by atoms with Crippen LogP contribution in [-0.2, 0) is 6.54 Å². The number of hydrogen-bond acceptors (Lipinski definition) is 1. The molecule has 1 aromatic heterocycles. The van der Waals surface area contributed by atoms with Crippen LogP contribution in [0.25, 0.3) is 0 Å².